The summed E-state index contributed by atoms with van der Waals surface area (Å²) in [5.74, 6) is 0.183. The van der Waals surface area contributed by atoms with Crippen LogP contribution in [0.1, 0.15) is 32.1 Å². The highest BCUT2D eigenvalue weighted by molar-refractivity contribution is 7.92. The molecule has 0 saturated carbocycles. The number of hydrogen-bond acceptors (Lipinski definition) is 4. The Bertz CT molecular complexity index is 390. The minimum absolute atomic E-state index is 0.183. The Hall–Kier alpha value is -0.820. The first-order valence-corrected chi connectivity index (χ1v) is 8.29. The summed E-state index contributed by atoms with van der Waals surface area (Å²) < 4.78 is 23.4. The lowest BCUT2D eigenvalue weighted by atomic mass is 10.2. The number of urea groups is 1. The van der Waals surface area contributed by atoms with Crippen LogP contribution >= 0.6 is 0 Å². The molecule has 2 amide bonds. The lowest BCUT2D eigenvalue weighted by molar-refractivity contribution is 0.238. The molecule has 2 fully saturated rings. The van der Waals surface area contributed by atoms with Gasteiger partial charge in [0.2, 0.25) is 0 Å². The van der Waals surface area contributed by atoms with E-state index in [-0.39, 0.29) is 11.8 Å². The van der Waals surface area contributed by atoms with E-state index in [1.54, 1.807) is 0 Å². The third-order valence-electron chi connectivity index (χ3n) is 3.54. The summed E-state index contributed by atoms with van der Waals surface area (Å²) in [6, 6.07) is -0.0575. The van der Waals surface area contributed by atoms with Crippen molar-refractivity contribution in [3.05, 3.63) is 0 Å². The fourth-order valence-electron chi connectivity index (χ4n) is 2.46. The van der Waals surface area contributed by atoms with Gasteiger partial charge in [0, 0.05) is 12.6 Å². The van der Waals surface area contributed by atoms with E-state index >= 15 is 0 Å². The quantitative estimate of drug-likeness (QED) is 0.674. The minimum Gasteiger partial charge on any atom is -0.337 e. The van der Waals surface area contributed by atoms with Crippen molar-refractivity contribution in [2.45, 2.75) is 43.5 Å². The van der Waals surface area contributed by atoms with Crippen molar-refractivity contribution < 1.29 is 13.2 Å². The zero-order valence-electron chi connectivity index (χ0n) is 10.4. The number of rotatable bonds is 3. The zero-order valence-corrected chi connectivity index (χ0v) is 11.3. The Kier molecular flexibility index (Phi) is 4.45. The standard InChI is InChI=1S/C11H21N3O3S/c15-11(13-8-9-4-3-6-12-9)14-10-5-1-2-7-18(10,16)17/h9-10,12H,1-8H2,(H2,13,14,15). The summed E-state index contributed by atoms with van der Waals surface area (Å²) in [5.41, 5.74) is 0. The highest BCUT2D eigenvalue weighted by atomic mass is 32.2. The summed E-state index contributed by atoms with van der Waals surface area (Å²) in [5, 5.41) is 7.87. The van der Waals surface area contributed by atoms with Crippen LogP contribution in [0.25, 0.3) is 0 Å². The number of hydrogen-bond donors (Lipinski definition) is 3. The molecule has 2 unspecified atom stereocenters. The van der Waals surface area contributed by atoms with Gasteiger partial charge in [-0.3, -0.25) is 0 Å². The van der Waals surface area contributed by atoms with E-state index in [0.29, 0.717) is 25.4 Å². The molecule has 2 saturated heterocycles. The Balaban J connectivity index is 1.76. The number of carbonyl (C=O) groups is 1. The van der Waals surface area contributed by atoms with Crippen LogP contribution in [0.15, 0.2) is 0 Å². The van der Waals surface area contributed by atoms with Crippen LogP contribution in [0.4, 0.5) is 4.79 Å². The summed E-state index contributed by atoms with van der Waals surface area (Å²) in [6.07, 6.45) is 4.27. The van der Waals surface area contributed by atoms with Crippen molar-refractivity contribution in [1.82, 2.24) is 16.0 Å². The Morgan fingerprint density at radius 2 is 2.06 bits per heavy atom. The largest absolute Gasteiger partial charge is 0.337 e. The van der Waals surface area contributed by atoms with E-state index in [9.17, 15) is 13.2 Å². The normalized spacial score (nSPS) is 30.9. The van der Waals surface area contributed by atoms with Gasteiger partial charge in [-0.1, -0.05) is 0 Å². The number of nitrogens with one attached hydrogen (secondary N) is 3. The van der Waals surface area contributed by atoms with Crippen LogP contribution in [0, 0.1) is 0 Å². The Morgan fingerprint density at radius 1 is 1.22 bits per heavy atom. The van der Waals surface area contributed by atoms with Crippen molar-refractivity contribution in [2.75, 3.05) is 18.8 Å². The molecule has 0 bridgehead atoms. The predicted octanol–water partition coefficient (Wildman–Crippen LogP) is -0.0376. The molecule has 2 aliphatic rings. The molecule has 0 spiro atoms. The van der Waals surface area contributed by atoms with Crippen LogP contribution in [-0.4, -0.2) is 44.7 Å². The fraction of sp³-hybridized carbons (Fsp3) is 0.909. The van der Waals surface area contributed by atoms with Crippen LogP contribution in [0.3, 0.4) is 0 Å². The first kappa shape index (κ1) is 13.6. The van der Waals surface area contributed by atoms with Crippen molar-refractivity contribution in [3.63, 3.8) is 0 Å². The van der Waals surface area contributed by atoms with Gasteiger partial charge in [0.05, 0.1) is 5.75 Å². The van der Waals surface area contributed by atoms with Crippen molar-refractivity contribution in [1.29, 1.82) is 0 Å². The van der Waals surface area contributed by atoms with Gasteiger partial charge in [0.15, 0.2) is 9.84 Å². The first-order valence-electron chi connectivity index (χ1n) is 6.57. The second kappa shape index (κ2) is 5.88. The highest BCUT2D eigenvalue weighted by Gasteiger charge is 2.30. The lowest BCUT2D eigenvalue weighted by Crippen LogP contribution is -2.50. The number of amides is 2. The van der Waals surface area contributed by atoms with E-state index < -0.39 is 15.2 Å². The van der Waals surface area contributed by atoms with Crippen LogP contribution in [0.2, 0.25) is 0 Å². The van der Waals surface area contributed by atoms with Gasteiger partial charge in [0.25, 0.3) is 0 Å². The van der Waals surface area contributed by atoms with Crippen LogP contribution in [-0.2, 0) is 9.84 Å². The molecule has 7 heteroatoms. The molecule has 104 valence electrons. The van der Waals surface area contributed by atoms with E-state index in [4.69, 9.17) is 0 Å². The summed E-state index contributed by atoms with van der Waals surface area (Å²) >= 11 is 0. The highest BCUT2D eigenvalue weighted by Crippen LogP contribution is 2.17. The summed E-state index contributed by atoms with van der Waals surface area (Å²) in [4.78, 5) is 11.6. The molecule has 3 N–H and O–H groups in total. The predicted molar refractivity (Wildman–Crippen MR) is 69.0 cm³/mol. The average Bonchev–Trinajstić information content (AvgIpc) is 2.82. The van der Waals surface area contributed by atoms with E-state index in [0.717, 1.165) is 25.8 Å². The molecule has 2 aliphatic heterocycles. The molecule has 0 aromatic carbocycles. The third kappa shape index (κ3) is 3.58. The van der Waals surface area contributed by atoms with Crippen LogP contribution in [0.5, 0.6) is 0 Å². The summed E-state index contributed by atoms with van der Waals surface area (Å²) in [7, 11) is -3.14. The maximum atomic E-state index is 11.7. The molecule has 0 radical (unpaired) electrons. The van der Waals surface area contributed by atoms with Crippen molar-refractivity contribution in [3.8, 4) is 0 Å². The van der Waals surface area contributed by atoms with Crippen molar-refractivity contribution >= 4 is 15.9 Å². The van der Waals surface area contributed by atoms with E-state index in [1.807, 2.05) is 0 Å². The molecule has 2 atom stereocenters. The van der Waals surface area contributed by atoms with Gasteiger partial charge in [-0.2, -0.15) is 0 Å². The van der Waals surface area contributed by atoms with Crippen molar-refractivity contribution in [2.24, 2.45) is 0 Å². The fourth-order valence-corrected chi connectivity index (χ4v) is 4.16. The molecule has 0 aromatic heterocycles. The monoisotopic (exact) mass is 275 g/mol. The average molecular weight is 275 g/mol. The maximum absolute atomic E-state index is 11.7. The SMILES string of the molecule is O=C(NCC1CCCN1)NC1CCCCS1(=O)=O. The minimum atomic E-state index is -3.14. The summed E-state index contributed by atoms with van der Waals surface area (Å²) in [6.45, 7) is 1.55. The molecule has 0 aliphatic carbocycles. The van der Waals surface area contributed by atoms with Gasteiger partial charge >= 0.3 is 6.03 Å². The van der Waals surface area contributed by atoms with Gasteiger partial charge in [-0.15, -0.1) is 0 Å². The zero-order chi connectivity index (χ0) is 13.0. The van der Waals surface area contributed by atoms with Gasteiger partial charge < -0.3 is 16.0 Å². The molecule has 6 nitrogen and oxygen atoms in total. The molecular weight excluding hydrogens is 254 g/mol. The van der Waals surface area contributed by atoms with E-state index in [2.05, 4.69) is 16.0 Å². The van der Waals surface area contributed by atoms with Crippen LogP contribution < -0.4 is 16.0 Å². The lowest BCUT2D eigenvalue weighted by Gasteiger charge is -2.23. The second-order valence-electron chi connectivity index (χ2n) is 5.00. The Morgan fingerprint density at radius 3 is 2.72 bits per heavy atom. The van der Waals surface area contributed by atoms with Gasteiger partial charge in [-0.25, -0.2) is 13.2 Å². The molecular formula is C11H21N3O3S. The molecule has 2 rings (SSSR count). The third-order valence-corrected chi connectivity index (χ3v) is 5.62. The second-order valence-corrected chi connectivity index (χ2v) is 7.30. The molecule has 2 heterocycles. The van der Waals surface area contributed by atoms with E-state index in [1.165, 1.54) is 0 Å². The number of sulfone groups is 1. The molecule has 0 aromatic rings. The first-order chi connectivity index (χ1) is 8.58. The maximum Gasteiger partial charge on any atom is 0.315 e. The van der Waals surface area contributed by atoms with Gasteiger partial charge in [-0.05, 0) is 38.6 Å². The number of carbonyl (C=O) groups excluding carboxylic acids is 1. The molecule has 18 heavy (non-hydrogen) atoms. The van der Waals surface area contributed by atoms with Gasteiger partial charge in [0.1, 0.15) is 5.37 Å². The smallest absolute Gasteiger partial charge is 0.315 e. The Labute approximate surface area is 108 Å². The topological polar surface area (TPSA) is 87.3 Å².